The summed E-state index contributed by atoms with van der Waals surface area (Å²) in [6.07, 6.45) is 0.942. The van der Waals surface area contributed by atoms with Crippen LogP contribution in [0.25, 0.3) is 0 Å². The number of aliphatic hydroxyl groups is 1. The minimum Gasteiger partial charge on any atom is -0.376 e. The highest BCUT2D eigenvalue weighted by Gasteiger charge is 2.21. The van der Waals surface area contributed by atoms with Gasteiger partial charge in [0.05, 0.1) is 0 Å². The molecule has 2 nitrogen and oxygen atoms in total. The predicted octanol–water partition coefficient (Wildman–Crippen LogP) is 3.92. The molecule has 21 heavy (non-hydrogen) atoms. The molecule has 0 aliphatic heterocycles. The van der Waals surface area contributed by atoms with Crippen LogP contribution in [0.5, 0.6) is 0 Å². The van der Waals surface area contributed by atoms with Crippen molar-refractivity contribution >= 4 is 0 Å². The predicted molar refractivity (Wildman–Crippen MR) is 88.2 cm³/mol. The van der Waals surface area contributed by atoms with Crippen LogP contribution in [0, 0.1) is 0 Å². The largest absolute Gasteiger partial charge is 0.376 e. The van der Waals surface area contributed by atoms with E-state index in [2.05, 4.69) is 60.8 Å². The van der Waals surface area contributed by atoms with Crippen molar-refractivity contribution < 1.29 is 5.11 Å². The third-order valence-corrected chi connectivity index (χ3v) is 3.59. The fraction of sp³-hybridized carbons (Fsp3) is 0.368. The Morgan fingerprint density at radius 3 is 1.71 bits per heavy atom. The van der Waals surface area contributed by atoms with Gasteiger partial charge in [0.2, 0.25) is 0 Å². The van der Waals surface area contributed by atoms with Crippen LogP contribution in [-0.4, -0.2) is 16.9 Å². The minimum absolute atomic E-state index is 0.218. The molecule has 0 spiro atoms. The van der Waals surface area contributed by atoms with Crippen molar-refractivity contribution in [2.24, 2.45) is 0 Å². The molecule has 0 radical (unpaired) electrons. The first-order valence-corrected chi connectivity index (χ1v) is 7.55. The molecule has 0 bridgehead atoms. The quantitative estimate of drug-likeness (QED) is 0.788. The molecule has 0 heterocycles. The minimum atomic E-state index is -0.850. The van der Waals surface area contributed by atoms with E-state index in [0.717, 1.165) is 6.42 Å². The van der Waals surface area contributed by atoms with Gasteiger partial charge in [-0.15, -0.1) is 0 Å². The summed E-state index contributed by atoms with van der Waals surface area (Å²) >= 11 is 0. The zero-order chi connectivity index (χ0) is 15.3. The monoisotopic (exact) mass is 283 g/mol. The van der Waals surface area contributed by atoms with Gasteiger partial charge < -0.3 is 5.11 Å². The van der Waals surface area contributed by atoms with E-state index in [1.807, 2.05) is 12.1 Å². The molecule has 0 amide bonds. The Hall–Kier alpha value is -1.64. The maximum Gasteiger partial charge on any atom is 0.110 e. The first-order valence-electron chi connectivity index (χ1n) is 7.55. The molecular formula is C19H25NO. The van der Waals surface area contributed by atoms with Gasteiger partial charge in [0.1, 0.15) is 5.72 Å². The lowest BCUT2D eigenvalue weighted by Gasteiger charge is -2.28. The van der Waals surface area contributed by atoms with Crippen molar-refractivity contribution in [3.63, 3.8) is 0 Å². The number of hydrogen-bond acceptors (Lipinski definition) is 2. The van der Waals surface area contributed by atoms with Crippen LogP contribution in [0.2, 0.25) is 0 Å². The van der Waals surface area contributed by atoms with Crippen LogP contribution in [0.15, 0.2) is 60.7 Å². The molecule has 1 unspecified atom stereocenters. The maximum atomic E-state index is 9.93. The molecule has 0 saturated carbocycles. The highest BCUT2D eigenvalue weighted by atomic mass is 16.3. The van der Waals surface area contributed by atoms with E-state index in [1.54, 1.807) is 13.8 Å². The molecule has 2 heteroatoms. The average Bonchev–Trinajstić information content (AvgIpc) is 2.45. The second kappa shape index (κ2) is 6.88. The number of rotatable bonds is 6. The Kier molecular flexibility index (Phi) is 5.16. The van der Waals surface area contributed by atoms with E-state index >= 15 is 0 Å². The van der Waals surface area contributed by atoms with Crippen LogP contribution >= 0.6 is 0 Å². The molecule has 1 atom stereocenters. The molecule has 2 aromatic rings. The van der Waals surface area contributed by atoms with Crippen LogP contribution in [-0.2, 0) is 0 Å². The van der Waals surface area contributed by atoms with Gasteiger partial charge in [-0.1, -0.05) is 60.7 Å². The normalized spacial score (nSPS) is 13.4. The van der Waals surface area contributed by atoms with Crippen molar-refractivity contribution in [3.05, 3.63) is 71.8 Å². The fourth-order valence-corrected chi connectivity index (χ4v) is 2.85. The van der Waals surface area contributed by atoms with Crippen molar-refractivity contribution in [3.8, 4) is 0 Å². The van der Waals surface area contributed by atoms with Gasteiger partial charge in [0.15, 0.2) is 0 Å². The summed E-state index contributed by atoms with van der Waals surface area (Å²) in [5.41, 5.74) is 1.78. The van der Waals surface area contributed by atoms with E-state index in [0.29, 0.717) is 5.92 Å². The SMILES string of the molecule is CC(CC(c1ccccc1)c1ccccc1)NC(C)(C)O. The van der Waals surface area contributed by atoms with Gasteiger partial charge in [-0.05, 0) is 38.3 Å². The third-order valence-electron chi connectivity index (χ3n) is 3.59. The Bertz CT molecular complexity index is 491. The lowest BCUT2D eigenvalue weighted by molar-refractivity contribution is 0.0316. The second-order valence-corrected chi connectivity index (χ2v) is 6.21. The van der Waals surface area contributed by atoms with Gasteiger partial charge in [0, 0.05) is 12.0 Å². The van der Waals surface area contributed by atoms with E-state index in [4.69, 9.17) is 0 Å². The highest BCUT2D eigenvalue weighted by molar-refractivity contribution is 5.32. The van der Waals surface area contributed by atoms with E-state index in [9.17, 15) is 5.11 Å². The number of benzene rings is 2. The van der Waals surface area contributed by atoms with Crippen LogP contribution < -0.4 is 5.32 Å². The maximum absolute atomic E-state index is 9.93. The van der Waals surface area contributed by atoms with Gasteiger partial charge >= 0.3 is 0 Å². The molecule has 0 aliphatic carbocycles. The summed E-state index contributed by atoms with van der Waals surface area (Å²) in [7, 11) is 0. The van der Waals surface area contributed by atoms with Gasteiger partial charge in [-0.25, -0.2) is 0 Å². The Labute approximate surface area is 127 Å². The summed E-state index contributed by atoms with van der Waals surface area (Å²) < 4.78 is 0. The summed E-state index contributed by atoms with van der Waals surface area (Å²) in [4.78, 5) is 0. The van der Waals surface area contributed by atoms with Crippen molar-refractivity contribution in [2.45, 2.75) is 44.9 Å². The molecule has 0 fully saturated rings. The van der Waals surface area contributed by atoms with E-state index in [1.165, 1.54) is 11.1 Å². The Morgan fingerprint density at radius 1 is 0.905 bits per heavy atom. The molecule has 112 valence electrons. The molecule has 2 N–H and O–H groups in total. The number of nitrogens with one attached hydrogen (secondary N) is 1. The number of hydrogen-bond donors (Lipinski definition) is 2. The molecule has 0 aliphatic rings. The van der Waals surface area contributed by atoms with Crippen molar-refractivity contribution in [1.29, 1.82) is 0 Å². The average molecular weight is 283 g/mol. The lowest BCUT2D eigenvalue weighted by atomic mass is 9.86. The first kappa shape index (κ1) is 15.7. The van der Waals surface area contributed by atoms with E-state index in [-0.39, 0.29) is 6.04 Å². The third kappa shape index (κ3) is 5.00. The van der Waals surface area contributed by atoms with E-state index < -0.39 is 5.72 Å². The highest BCUT2D eigenvalue weighted by Crippen LogP contribution is 2.29. The summed E-state index contributed by atoms with van der Waals surface area (Å²) in [5.74, 6) is 0.331. The zero-order valence-corrected chi connectivity index (χ0v) is 13.1. The van der Waals surface area contributed by atoms with Gasteiger partial charge in [-0.3, -0.25) is 5.32 Å². The molecule has 0 aromatic heterocycles. The molecule has 2 rings (SSSR count). The first-order chi connectivity index (χ1) is 9.96. The van der Waals surface area contributed by atoms with Crippen LogP contribution in [0.1, 0.15) is 44.2 Å². The topological polar surface area (TPSA) is 32.3 Å². The Balaban J connectivity index is 2.21. The fourth-order valence-electron chi connectivity index (χ4n) is 2.85. The molecule has 2 aromatic carbocycles. The van der Waals surface area contributed by atoms with Gasteiger partial charge in [-0.2, -0.15) is 0 Å². The van der Waals surface area contributed by atoms with Crippen LogP contribution in [0.3, 0.4) is 0 Å². The van der Waals surface area contributed by atoms with Gasteiger partial charge in [0.25, 0.3) is 0 Å². The smallest absolute Gasteiger partial charge is 0.110 e. The summed E-state index contributed by atoms with van der Waals surface area (Å²) in [6, 6.07) is 21.3. The van der Waals surface area contributed by atoms with Crippen molar-refractivity contribution in [2.75, 3.05) is 0 Å². The zero-order valence-electron chi connectivity index (χ0n) is 13.1. The Morgan fingerprint density at radius 2 is 1.33 bits per heavy atom. The van der Waals surface area contributed by atoms with Crippen molar-refractivity contribution in [1.82, 2.24) is 5.32 Å². The second-order valence-electron chi connectivity index (χ2n) is 6.21. The standard InChI is InChI=1S/C19H25NO/c1-15(20-19(2,3)21)14-18(16-10-6-4-7-11-16)17-12-8-5-9-13-17/h4-13,15,18,20-21H,14H2,1-3H3. The summed E-state index contributed by atoms with van der Waals surface area (Å²) in [5, 5.41) is 13.2. The van der Waals surface area contributed by atoms with Crippen LogP contribution in [0.4, 0.5) is 0 Å². The molecule has 0 saturated heterocycles. The lowest BCUT2D eigenvalue weighted by Crippen LogP contribution is -2.45. The summed E-state index contributed by atoms with van der Waals surface area (Å²) in [6.45, 7) is 5.68. The molecular weight excluding hydrogens is 258 g/mol.